The standard InChI is InChI=1S/C17H14N6S/c1-3-13(9-18-5-1)10-20-16-14(15-4-2-8-24-15)11-21-17(22-16)23-7-6-19-12-23/h1-9,11-12H,10H2,(H,20,21,22). The molecule has 0 spiro atoms. The Kier molecular flexibility index (Phi) is 3.99. The third-order valence-corrected chi connectivity index (χ3v) is 4.38. The zero-order valence-electron chi connectivity index (χ0n) is 12.7. The van der Waals surface area contributed by atoms with Crippen molar-refractivity contribution >= 4 is 17.2 Å². The third kappa shape index (κ3) is 3.02. The Morgan fingerprint density at radius 2 is 2.08 bits per heavy atom. The minimum atomic E-state index is 0.585. The van der Waals surface area contributed by atoms with Crippen molar-refractivity contribution in [1.82, 2.24) is 24.5 Å². The van der Waals surface area contributed by atoms with E-state index >= 15 is 0 Å². The quantitative estimate of drug-likeness (QED) is 0.606. The fourth-order valence-electron chi connectivity index (χ4n) is 2.31. The maximum atomic E-state index is 4.67. The number of hydrogen-bond donors (Lipinski definition) is 1. The molecule has 0 aliphatic carbocycles. The van der Waals surface area contributed by atoms with Crippen LogP contribution in [0.1, 0.15) is 5.56 Å². The Balaban J connectivity index is 1.69. The molecule has 6 nitrogen and oxygen atoms in total. The van der Waals surface area contributed by atoms with Gasteiger partial charge in [0.15, 0.2) is 0 Å². The smallest absolute Gasteiger partial charge is 0.236 e. The Morgan fingerprint density at radius 1 is 1.08 bits per heavy atom. The van der Waals surface area contributed by atoms with Crippen LogP contribution in [0.3, 0.4) is 0 Å². The summed E-state index contributed by atoms with van der Waals surface area (Å²) < 4.78 is 1.79. The first kappa shape index (κ1) is 14.5. The topological polar surface area (TPSA) is 68.5 Å². The van der Waals surface area contributed by atoms with Gasteiger partial charge in [0.05, 0.1) is 5.56 Å². The Hall–Kier alpha value is -3.06. The summed E-state index contributed by atoms with van der Waals surface area (Å²) in [6.07, 6.45) is 10.7. The van der Waals surface area contributed by atoms with Crippen LogP contribution in [0.25, 0.3) is 16.4 Å². The van der Waals surface area contributed by atoms with Crippen molar-refractivity contribution in [1.29, 1.82) is 0 Å². The molecule has 0 amide bonds. The van der Waals surface area contributed by atoms with E-state index in [-0.39, 0.29) is 0 Å². The summed E-state index contributed by atoms with van der Waals surface area (Å²) in [5.41, 5.74) is 2.08. The van der Waals surface area contributed by atoms with Gasteiger partial charge in [-0.3, -0.25) is 9.55 Å². The van der Waals surface area contributed by atoms with E-state index < -0.39 is 0 Å². The van der Waals surface area contributed by atoms with Crippen molar-refractivity contribution in [2.45, 2.75) is 6.54 Å². The molecule has 0 saturated heterocycles. The van der Waals surface area contributed by atoms with Gasteiger partial charge in [-0.2, -0.15) is 4.98 Å². The van der Waals surface area contributed by atoms with Crippen molar-refractivity contribution in [3.8, 4) is 16.4 Å². The normalized spacial score (nSPS) is 10.7. The average Bonchev–Trinajstić information content (AvgIpc) is 3.34. The van der Waals surface area contributed by atoms with Gasteiger partial charge in [-0.1, -0.05) is 12.1 Å². The van der Waals surface area contributed by atoms with E-state index in [2.05, 4.69) is 31.3 Å². The van der Waals surface area contributed by atoms with Gasteiger partial charge in [0.1, 0.15) is 12.1 Å². The zero-order chi connectivity index (χ0) is 16.2. The largest absolute Gasteiger partial charge is 0.365 e. The van der Waals surface area contributed by atoms with Crippen LogP contribution in [0.2, 0.25) is 0 Å². The summed E-state index contributed by atoms with van der Waals surface area (Å²) in [5, 5.41) is 5.45. The molecule has 24 heavy (non-hydrogen) atoms. The van der Waals surface area contributed by atoms with Crippen molar-refractivity contribution in [2.24, 2.45) is 0 Å². The summed E-state index contributed by atoms with van der Waals surface area (Å²) in [5.74, 6) is 1.38. The molecule has 0 bridgehead atoms. The molecule has 0 radical (unpaired) electrons. The van der Waals surface area contributed by atoms with Crippen LogP contribution in [0.4, 0.5) is 5.82 Å². The van der Waals surface area contributed by atoms with Gasteiger partial charge in [-0.15, -0.1) is 11.3 Å². The van der Waals surface area contributed by atoms with E-state index in [9.17, 15) is 0 Å². The van der Waals surface area contributed by atoms with Crippen molar-refractivity contribution < 1.29 is 0 Å². The lowest BCUT2D eigenvalue weighted by Gasteiger charge is -2.11. The molecule has 4 aromatic heterocycles. The van der Waals surface area contributed by atoms with Gasteiger partial charge in [0, 0.05) is 42.4 Å². The first-order valence-electron chi connectivity index (χ1n) is 7.42. The van der Waals surface area contributed by atoms with E-state index in [1.165, 1.54) is 0 Å². The van der Waals surface area contributed by atoms with Crippen molar-refractivity contribution in [2.75, 3.05) is 5.32 Å². The molecule has 0 aliphatic rings. The maximum absolute atomic E-state index is 4.67. The number of hydrogen-bond acceptors (Lipinski definition) is 6. The van der Waals surface area contributed by atoms with Crippen LogP contribution < -0.4 is 5.32 Å². The number of pyridine rings is 1. The van der Waals surface area contributed by atoms with E-state index in [1.807, 2.05) is 42.2 Å². The second-order valence-electron chi connectivity index (χ2n) is 5.09. The summed E-state index contributed by atoms with van der Waals surface area (Å²) in [6, 6.07) is 8.04. The molecule has 7 heteroatoms. The second-order valence-corrected chi connectivity index (χ2v) is 6.04. The second kappa shape index (κ2) is 6.59. The highest BCUT2D eigenvalue weighted by Crippen LogP contribution is 2.30. The van der Waals surface area contributed by atoms with E-state index in [1.54, 1.807) is 34.6 Å². The van der Waals surface area contributed by atoms with Gasteiger partial charge >= 0.3 is 0 Å². The average molecular weight is 334 g/mol. The number of rotatable bonds is 5. The molecular weight excluding hydrogens is 320 g/mol. The first-order chi connectivity index (χ1) is 11.9. The number of anilines is 1. The number of imidazole rings is 1. The Labute approximate surface area is 142 Å². The summed E-state index contributed by atoms with van der Waals surface area (Å²) >= 11 is 1.66. The van der Waals surface area contributed by atoms with Crippen LogP contribution in [-0.4, -0.2) is 24.5 Å². The monoisotopic (exact) mass is 334 g/mol. The number of nitrogens with one attached hydrogen (secondary N) is 1. The molecule has 118 valence electrons. The predicted molar refractivity (Wildman–Crippen MR) is 94.0 cm³/mol. The predicted octanol–water partition coefficient (Wildman–Crippen LogP) is 3.40. The van der Waals surface area contributed by atoms with Gasteiger partial charge in [0.25, 0.3) is 0 Å². The van der Waals surface area contributed by atoms with E-state index in [0.29, 0.717) is 12.5 Å². The molecule has 0 fully saturated rings. The molecule has 0 atom stereocenters. The Morgan fingerprint density at radius 3 is 2.83 bits per heavy atom. The van der Waals surface area contributed by atoms with Crippen LogP contribution in [0.5, 0.6) is 0 Å². The van der Waals surface area contributed by atoms with Crippen molar-refractivity contribution in [3.05, 3.63) is 72.5 Å². The molecule has 4 aromatic rings. The van der Waals surface area contributed by atoms with Crippen LogP contribution in [0, 0.1) is 0 Å². The van der Waals surface area contributed by atoms with Crippen LogP contribution in [-0.2, 0) is 6.54 Å². The molecular formula is C17H14N6S. The summed E-state index contributed by atoms with van der Waals surface area (Å²) in [6.45, 7) is 0.645. The highest BCUT2D eigenvalue weighted by molar-refractivity contribution is 7.13. The third-order valence-electron chi connectivity index (χ3n) is 3.48. The zero-order valence-corrected chi connectivity index (χ0v) is 13.5. The SMILES string of the molecule is c1cncc(CNc2nc(-n3ccnc3)ncc2-c2cccs2)c1. The highest BCUT2D eigenvalue weighted by atomic mass is 32.1. The molecule has 0 aliphatic heterocycles. The minimum Gasteiger partial charge on any atom is -0.365 e. The number of thiophene rings is 1. The van der Waals surface area contributed by atoms with Gasteiger partial charge in [-0.05, 0) is 23.1 Å². The lowest BCUT2D eigenvalue weighted by Crippen LogP contribution is -2.07. The maximum Gasteiger partial charge on any atom is 0.236 e. The van der Waals surface area contributed by atoms with E-state index in [4.69, 9.17) is 0 Å². The molecule has 0 saturated carbocycles. The van der Waals surface area contributed by atoms with Gasteiger partial charge in [0.2, 0.25) is 5.95 Å². The van der Waals surface area contributed by atoms with Gasteiger partial charge < -0.3 is 5.32 Å². The van der Waals surface area contributed by atoms with Crippen molar-refractivity contribution in [3.63, 3.8) is 0 Å². The van der Waals surface area contributed by atoms with Crippen LogP contribution in [0.15, 0.2) is 67.0 Å². The lowest BCUT2D eigenvalue weighted by molar-refractivity contribution is 0.922. The molecule has 1 N–H and O–H groups in total. The van der Waals surface area contributed by atoms with Gasteiger partial charge in [-0.25, -0.2) is 9.97 Å². The molecule has 4 heterocycles. The van der Waals surface area contributed by atoms with Crippen LogP contribution >= 0.6 is 11.3 Å². The molecule has 0 aromatic carbocycles. The summed E-state index contributed by atoms with van der Waals surface area (Å²) in [4.78, 5) is 18.5. The molecule has 0 unspecified atom stereocenters. The Bertz CT molecular complexity index is 904. The lowest BCUT2D eigenvalue weighted by atomic mass is 10.2. The summed E-state index contributed by atoms with van der Waals surface area (Å²) in [7, 11) is 0. The fraction of sp³-hybridized carbons (Fsp3) is 0.0588. The number of aromatic nitrogens is 5. The fourth-order valence-corrected chi connectivity index (χ4v) is 3.05. The first-order valence-corrected chi connectivity index (χ1v) is 8.30. The minimum absolute atomic E-state index is 0.585. The van der Waals surface area contributed by atoms with E-state index in [0.717, 1.165) is 21.8 Å². The number of nitrogens with zero attached hydrogens (tertiary/aromatic N) is 5. The highest BCUT2D eigenvalue weighted by Gasteiger charge is 2.11. The molecule has 4 rings (SSSR count).